The maximum atomic E-state index is 11.9. The van der Waals surface area contributed by atoms with Gasteiger partial charge in [-0.05, 0) is 68.8 Å². The second kappa shape index (κ2) is 10.0. The summed E-state index contributed by atoms with van der Waals surface area (Å²) in [6, 6.07) is 35.5. The monoisotopic (exact) mass is 618 g/mol. The highest BCUT2D eigenvalue weighted by atomic mass is 16.6. The first-order valence-corrected chi connectivity index (χ1v) is 16.3. The Kier molecular flexibility index (Phi) is 5.96. The highest BCUT2D eigenvalue weighted by Gasteiger charge is 2.59. The zero-order valence-electron chi connectivity index (χ0n) is 25.8. The average molecular weight is 619 g/mol. The molecule has 0 amide bonds. The van der Waals surface area contributed by atoms with Gasteiger partial charge in [0.2, 0.25) is 0 Å². The summed E-state index contributed by atoms with van der Waals surface area (Å²) in [4.78, 5) is 23.2. The molecule has 1 saturated carbocycles. The third kappa shape index (κ3) is 4.30. The number of quaternary nitrogens is 1. The van der Waals surface area contributed by atoms with E-state index in [2.05, 4.69) is 48.5 Å². The Balaban J connectivity index is 1.42. The summed E-state index contributed by atoms with van der Waals surface area (Å²) in [6.45, 7) is 3.82. The number of hydrogen-bond acceptors (Lipinski definition) is 4. The molecule has 2 aliphatic heterocycles. The number of nitro benzene ring substituents is 2. The SMILES string of the molecule is O=[N+]([O-])c1cccc(-c2cc3ccccc3c3c2C[N+]2(Cc4c(-c5cccc([N+](=O)[O-])c5)cc5ccccc5c4-3)CC3(CCC3)C2)c1. The summed E-state index contributed by atoms with van der Waals surface area (Å²) < 4.78 is 0.903. The molecule has 2 heterocycles. The summed E-state index contributed by atoms with van der Waals surface area (Å²) in [6.07, 6.45) is 3.80. The molecule has 0 unspecified atom stereocenters. The van der Waals surface area contributed by atoms with Crippen LogP contribution in [0.1, 0.15) is 30.4 Å². The van der Waals surface area contributed by atoms with E-state index in [1.165, 1.54) is 41.5 Å². The zero-order valence-corrected chi connectivity index (χ0v) is 25.8. The lowest BCUT2D eigenvalue weighted by Crippen LogP contribution is -2.70. The molecule has 47 heavy (non-hydrogen) atoms. The molecule has 6 aromatic carbocycles. The molecule has 2 spiro atoms. The van der Waals surface area contributed by atoms with Crippen LogP contribution >= 0.6 is 0 Å². The van der Waals surface area contributed by atoms with Crippen LogP contribution < -0.4 is 0 Å². The largest absolute Gasteiger partial charge is 0.315 e. The Labute approximate surface area is 271 Å². The minimum Gasteiger partial charge on any atom is -0.315 e. The van der Waals surface area contributed by atoms with Gasteiger partial charge in [-0.2, -0.15) is 0 Å². The van der Waals surface area contributed by atoms with Crippen molar-refractivity contribution in [3.63, 3.8) is 0 Å². The maximum Gasteiger partial charge on any atom is 0.270 e. The number of nitro groups is 2. The quantitative estimate of drug-likeness (QED) is 0.112. The van der Waals surface area contributed by atoms with Gasteiger partial charge in [-0.1, -0.05) is 79.2 Å². The van der Waals surface area contributed by atoms with E-state index in [1.807, 2.05) is 24.3 Å². The lowest BCUT2D eigenvalue weighted by Gasteiger charge is -2.61. The zero-order chi connectivity index (χ0) is 31.9. The fourth-order valence-corrected chi connectivity index (χ4v) is 9.09. The predicted molar refractivity (Wildman–Crippen MR) is 185 cm³/mol. The number of fused-ring (bicyclic) bond motifs is 7. The topological polar surface area (TPSA) is 86.3 Å². The van der Waals surface area contributed by atoms with E-state index in [4.69, 9.17) is 0 Å². The van der Waals surface area contributed by atoms with Gasteiger partial charge in [-0.3, -0.25) is 20.2 Å². The number of non-ortho nitro benzene ring substituents is 2. The van der Waals surface area contributed by atoms with Gasteiger partial charge in [0.1, 0.15) is 13.1 Å². The van der Waals surface area contributed by atoms with Crippen molar-refractivity contribution in [2.75, 3.05) is 13.1 Å². The van der Waals surface area contributed by atoms with Crippen LogP contribution in [0.3, 0.4) is 0 Å². The third-order valence-electron chi connectivity index (χ3n) is 11.0. The van der Waals surface area contributed by atoms with Crippen molar-refractivity contribution in [3.05, 3.63) is 141 Å². The van der Waals surface area contributed by atoms with Gasteiger partial charge in [0.05, 0.1) is 28.4 Å². The minimum atomic E-state index is -0.318. The summed E-state index contributed by atoms with van der Waals surface area (Å²) >= 11 is 0. The second-order valence-corrected chi connectivity index (χ2v) is 13.9. The number of rotatable bonds is 4. The maximum absolute atomic E-state index is 11.9. The molecular formula is C40H32N3O4+. The molecule has 2 fully saturated rings. The van der Waals surface area contributed by atoms with E-state index >= 15 is 0 Å². The summed E-state index contributed by atoms with van der Waals surface area (Å²) in [7, 11) is 0. The Morgan fingerprint density at radius 1 is 0.574 bits per heavy atom. The van der Waals surface area contributed by atoms with Crippen molar-refractivity contribution in [1.82, 2.24) is 0 Å². The first-order valence-electron chi connectivity index (χ1n) is 16.3. The van der Waals surface area contributed by atoms with Crippen LogP contribution in [0.15, 0.2) is 109 Å². The molecule has 1 aliphatic carbocycles. The minimum absolute atomic E-state index is 0.0816. The Morgan fingerprint density at radius 2 is 1.04 bits per heavy atom. The highest BCUT2D eigenvalue weighted by Crippen LogP contribution is 2.57. The van der Waals surface area contributed by atoms with Gasteiger partial charge in [-0.25, -0.2) is 0 Å². The molecule has 1 saturated heterocycles. The Bertz CT molecular complexity index is 2160. The van der Waals surface area contributed by atoms with Gasteiger partial charge in [-0.15, -0.1) is 0 Å². The van der Waals surface area contributed by atoms with Crippen molar-refractivity contribution in [2.24, 2.45) is 5.41 Å². The van der Waals surface area contributed by atoms with Crippen LogP contribution in [-0.2, 0) is 13.1 Å². The molecule has 7 nitrogen and oxygen atoms in total. The van der Waals surface area contributed by atoms with Crippen LogP contribution in [0.2, 0.25) is 0 Å². The molecule has 9 rings (SSSR count). The van der Waals surface area contributed by atoms with Gasteiger partial charge in [0.15, 0.2) is 0 Å². The molecule has 6 aromatic rings. The van der Waals surface area contributed by atoms with E-state index in [1.54, 1.807) is 36.4 Å². The molecule has 3 aliphatic rings. The van der Waals surface area contributed by atoms with Crippen molar-refractivity contribution >= 4 is 32.9 Å². The first kappa shape index (κ1) is 27.9. The fourth-order valence-electron chi connectivity index (χ4n) is 9.09. The number of nitrogens with zero attached hydrogens (tertiary/aromatic N) is 3. The predicted octanol–water partition coefficient (Wildman–Crippen LogP) is 9.82. The standard InChI is InChI=1S/C40H32N3O4/c44-41(45)30-12-5-10-26(18-30)34-20-28-8-1-3-14-32(28)38-36(34)22-43(24-40(25-43)16-7-17-40)23-37-35(27-11-6-13-31(19-27)42(46)47)21-29-9-2-4-15-33(29)39(37)38/h1-6,8-15,18-21H,7,16-17,22-25H2/q+1. The van der Waals surface area contributed by atoms with Crippen LogP contribution in [0.25, 0.3) is 54.9 Å². The fraction of sp³-hybridized carbons (Fsp3) is 0.200. The summed E-state index contributed by atoms with van der Waals surface area (Å²) in [5.74, 6) is 0. The lowest BCUT2D eigenvalue weighted by atomic mass is 9.62. The van der Waals surface area contributed by atoms with Crippen molar-refractivity contribution in [2.45, 2.75) is 32.4 Å². The first-order chi connectivity index (χ1) is 22.8. The highest BCUT2D eigenvalue weighted by molar-refractivity contribution is 6.12. The van der Waals surface area contributed by atoms with Crippen LogP contribution in [0, 0.1) is 25.6 Å². The molecule has 0 atom stereocenters. The smallest absolute Gasteiger partial charge is 0.270 e. The summed E-state index contributed by atoms with van der Waals surface area (Å²) in [5.41, 5.74) is 9.10. The van der Waals surface area contributed by atoms with E-state index in [9.17, 15) is 20.2 Å². The molecule has 0 radical (unpaired) electrons. The van der Waals surface area contributed by atoms with Crippen molar-refractivity contribution in [3.8, 4) is 33.4 Å². The molecule has 0 aromatic heterocycles. The number of benzene rings is 6. The normalized spacial score (nSPS) is 17.0. The third-order valence-corrected chi connectivity index (χ3v) is 11.0. The second-order valence-electron chi connectivity index (χ2n) is 13.9. The molecule has 0 bridgehead atoms. The Hall–Kier alpha value is -5.40. The van der Waals surface area contributed by atoms with Crippen LogP contribution in [0.4, 0.5) is 11.4 Å². The van der Waals surface area contributed by atoms with Crippen LogP contribution in [0.5, 0.6) is 0 Å². The Morgan fingerprint density at radius 3 is 1.47 bits per heavy atom. The molecule has 0 N–H and O–H groups in total. The average Bonchev–Trinajstić information content (AvgIpc) is 3.22. The van der Waals surface area contributed by atoms with E-state index in [0.717, 1.165) is 74.5 Å². The van der Waals surface area contributed by atoms with Gasteiger partial charge < -0.3 is 4.48 Å². The van der Waals surface area contributed by atoms with Crippen molar-refractivity contribution < 1.29 is 14.3 Å². The molecule has 7 heteroatoms. The van der Waals surface area contributed by atoms with Crippen LogP contribution in [-0.4, -0.2) is 27.4 Å². The summed E-state index contributed by atoms with van der Waals surface area (Å²) in [5, 5.41) is 28.3. The van der Waals surface area contributed by atoms with Gasteiger partial charge in [0, 0.05) is 46.5 Å². The van der Waals surface area contributed by atoms with Gasteiger partial charge in [0.25, 0.3) is 11.4 Å². The molecule has 230 valence electrons. The van der Waals surface area contributed by atoms with E-state index in [0.29, 0.717) is 5.41 Å². The van der Waals surface area contributed by atoms with Crippen molar-refractivity contribution in [1.29, 1.82) is 0 Å². The molecular weight excluding hydrogens is 586 g/mol. The van der Waals surface area contributed by atoms with E-state index < -0.39 is 0 Å². The number of hydrogen-bond donors (Lipinski definition) is 0. The lowest BCUT2D eigenvalue weighted by molar-refractivity contribution is -1.01. The van der Waals surface area contributed by atoms with Gasteiger partial charge >= 0.3 is 0 Å². The van der Waals surface area contributed by atoms with E-state index in [-0.39, 0.29) is 21.2 Å².